The Hall–Kier alpha value is -3.87. The molecule has 1 aromatic heterocycles. The Morgan fingerprint density at radius 3 is 2.28 bits per heavy atom. The van der Waals surface area contributed by atoms with Crippen LogP contribution in [-0.4, -0.2) is 23.8 Å². The van der Waals surface area contributed by atoms with Gasteiger partial charge in [0.1, 0.15) is 6.04 Å². The van der Waals surface area contributed by atoms with E-state index in [1.807, 2.05) is 45.0 Å². The molecule has 32 heavy (non-hydrogen) atoms. The van der Waals surface area contributed by atoms with Crippen LogP contribution in [0.1, 0.15) is 46.7 Å². The number of hydrogen-bond acceptors (Lipinski definition) is 4. The number of carbonyl (C=O) groups is 3. The molecule has 0 bridgehead atoms. The third kappa shape index (κ3) is 5.63. The summed E-state index contributed by atoms with van der Waals surface area (Å²) in [7, 11) is 0. The van der Waals surface area contributed by atoms with Crippen LogP contribution in [0.5, 0.6) is 0 Å². The first kappa shape index (κ1) is 22.8. The lowest BCUT2D eigenvalue weighted by molar-refractivity contribution is -0.119. The van der Waals surface area contributed by atoms with Crippen molar-refractivity contribution < 1.29 is 18.8 Å². The van der Waals surface area contributed by atoms with Crippen molar-refractivity contribution in [1.29, 1.82) is 0 Å². The van der Waals surface area contributed by atoms with Gasteiger partial charge in [0.2, 0.25) is 5.91 Å². The maximum Gasteiger partial charge on any atom is 0.291 e. The van der Waals surface area contributed by atoms with E-state index in [9.17, 15) is 14.4 Å². The summed E-state index contributed by atoms with van der Waals surface area (Å²) in [6, 6.07) is 16.5. The van der Waals surface area contributed by atoms with Gasteiger partial charge in [-0.1, -0.05) is 50.1 Å². The smallest absolute Gasteiger partial charge is 0.291 e. The second kappa shape index (κ2) is 10.4. The van der Waals surface area contributed by atoms with Crippen molar-refractivity contribution in [3.05, 3.63) is 83.8 Å². The topological polar surface area (TPSA) is 100 Å². The van der Waals surface area contributed by atoms with Gasteiger partial charge in [-0.2, -0.15) is 0 Å². The summed E-state index contributed by atoms with van der Waals surface area (Å²) in [5.74, 6) is -1.19. The summed E-state index contributed by atoms with van der Waals surface area (Å²) < 4.78 is 5.11. The minimum atomic E-state index is -0.748. The number of amides is 3. The predicted octanol–water partition coefficient (Wildman–Crippen LogP) is 4.62. The molecule has 0 aliphatic heterocycles. The molecule has 2 atom stereocenters. The van der Waals surface area contributed by atoms with Gasteiger partial charge < -0.3 is 20.4 Å². The van der Waals surface area contributed by atoms with E-state index in [1.165, 1.54) is 12.3 Å². The largest absolute Gasteiger partial charge is 0.459 e. The molecule has 0 saturated heterocycles. The highest BCUT2D eigenvalue weighted by molar-refractivity contribution is 6.09. The molecule has 0 aliphatic rings. The van der Waals surface area contributed by atoms with E-state index >= 15 is 0 Å². The average molecular weight is 434 g/mol. The maximum atomic E-state index is 13.1. The van der Waals surface area contributed by atoms with Gasteiger partial charge in [-0.05, 0) is 49.2 Å². The van der Waals surface area contributed by atoms with Crippen molar-refractivity contribution >= 4 is 29.1 Å². The van der Waals surface area contributed by atoms with Crippen LogP contribution < -0.4 is 16.0 Å². The number of rotatable bonds is 8. The number of benzene rings is 2. The molecule has 3 amide bonds. The molecule has 0 radical (unpaired) electrons. The Morgan fingerprint density at radius 2 is 1.62 bits per heavy atom. The van der Waals surface area contributed by atoms with E-state index in [4.69, 9.17) is 4.42 Å². The number of anilines is 2. The average Bonchev–Trinajstić information content (AvgIpc) is 3.34. The number of hydrogen-bond donors (Lipinski definition) is 3. The zero-order chi connectivity index (χ0) is 23.1. The number of nitrogens with one attached hydrogen (secondary N) is 3. The fourth-order valence-electron chi connectivity index (χ4n) is 3.16. The molecule has 2 aromatic carbocycles. The van der Waals surface area contributed by atoms with Crippen molar-refractivity contribution in [3.8, 4) is 0 Å². The zero-order valence-corrected chi connectivity index (χ0v) is 18.3. The molecule has 0 saturated carbocycles. The number of aryl methyl sites for hydroxylation is 1. The van der Waals surface area contributed by atoms with Gasteiger partial charge in [0.05, 0.1) is 17.5 Å². The van der Waals surface area contributed by atoms with Gasteiger partial charge in [-0.15, -0.1) is 0 Å². The summed E-state index contributed by atoms with van der Waals surface area (Å²) in [5, 5.41) is 8.40. The van der Waals surface area contributed by atoms with E-state index < -0.39 is 17.9 Å². The lowest BCUT2D eigenvalue weighted by atomic mass is 9.97. The van der Waals surface area contributed by atoms with E-state index in [2.05, 4.69) is 16.0 Å². The van der Waals surface area contributed by atoms with Crippen LogP contribution >= 0.6 is 0 Å². The second-order valence-electron chi connectivity index (χ2n) is 7.67. The predicted molar refractivity (Wildman–Crippen MR) is 124 cm³/mol. The minimum Gasteiger partial charge on any atom is -0.459 e. The summed E-state index contributed by atoms with van der Waals surface area (Å²) in [6.07, 6.45) is 2.10. The number of carbonyl (C=O) groups excluding carboxylic acids is 3. The lowest BCUT2D eigenvalue weighted by Gasteiger charge is -2.24. The van der Waals surface area contributed by atoms with Gasteiger partial charge >= 0.3 is 0 Å². The Balaban J connectivity index is 1.77. The first-order chi connectivity index (χ1) is 15.4. The van der Waals surface area contributed by atoms with E-state index in [0.29, 0.717) is 17.8 Å². The molecule has 3 N–H and O–H groups in total. The molecule has 3 rings (SSSR count). The van der Waals surface area contributed by atoms with E-state index in [1.54, 1.807) is 30.3 Å². The quantitative estimate of drug-likeness (QED) is 0.482. The molecule has 3 aromatic rings. The fraction of sp³-hybridized carbons (Fsp3) is 0.240. The molecule has 0 aliphatic carbocycles. The first-order valence-electron chi connectivity index (χ1n) is 10.5. The van der Waals surface area contributed by atoms with E-state index in [0.717, 1.165) is 5.56 Å². The zero-order valence-electron chi connectivity index (χ0n) is 18.3. The van der Waals surface area contributed by atoms with Crippen LogP contribution in [-0.2, 0) is 4.79 Å². The fourth-order valence-corrected chi connectivity index (χ4v) is 3.16. The molecule has 7 heteroatoms. The molecule has 166 valence electrons. The Kier molecular flexibility index (Phi) is 7.44. The number of para-hydroxylation sites is 1. The van der Waals surface area contributed by atoms with Gasteiger partial charge in [0, 0.05) is 5.69 Å². The number of furan rings is 1. The maximum absolute atomic E-state index is 13.1. The Bertz CT molecular complexity index is 1070. The third-order valence-electron chi connectivity index (χ3n) is 5.27. The minimum absolute atomic E-state index is 0.103. The first-order valence-corrected chi connectivity index (χ1v) is 10.5. The molecular formula is C25H27N3O4. The highest BCUT2D eigenvalue weighted by Gasteiger charge is 2.27. The monoisotopic (exact) mass is 433 g/mol. The van der Waals surface area contributed by atoms with Crippen molar-refractivity contribution in [2.24, 2.45) is 5.92 Å². The summed E-state index contributed by atoms with van der Waals surface area (Å²) in [6.45, 7) is 5.83. The molecule has 0 spiro atoms. The van der Waals surface area contributed by atoms with Crippen LogP contribution in [0.25, 0.3) is 0 Å². The molecular weight excluding hydrogens is 406 g/mol. The molecule has 0 fully saturated rings. The highest BCUT2D eigenvalue weighted by Crippen LogP contribution is 2.19. The standard InChI is InChI=1S/C25H27N3O4/c1-4-17(3)22(25(31)26-18-13-11-16(2)12-14-18)28-23(29)19-8-5-6-9-20(19)27-24(30)21-10-7-15-32-21/h5-15,17,22H,4H2,1-3H3,(H,26,31)(H,27,30)(H,28,29). The van der Waals surface area contributed by atoms with Crippen LogP contribution in [0.3, 0.4) is 0 Å². The lowest BCUT2D eigenvalue weighted by Crippen LogP contribution is -2.47. The van der Waals surface area contributed by atoms with Crippen molar-refractivity contribution in [3.63, 3.8) is 0 Å². The SMILES string of the molecule is CCC(C)C(NC(=O)c1ccccc1NC(=O)c1ccco1)C(=O)Nc1ccc(C)cc1. The van der Waals surface area contributed by atoms with Gasteiger partial charge in [0.15, 0.2) is 5.76 Å². The normalized spacial score (nSPS) is 12.5. The van der Waals surface area contributed by atoms with Crippen LogP contribution in [0.2, 0.25) is 0 Å². The Labute approximate surface area is 187 Å². The molecule has 7 nitrogen and oxygen atoms in total. The van der Waals surface area contributed by atoms with Crippen molar-refractivity contribution in [2.45, 2.75) is 33.2 Å². The third-order valence-corrected chi connectivity index (χ3v) is 5.27. The van der Waals surface area contributed by atoms with Gasteiger partial charge in [-0.25, -0.2) is 0 Å². The van der Waals surface area contributed by atoms with Crippen molar-refractivity contribution in [2.75, 3.05) is 10.6 Å². The molecule has 2 unspecified atom stereocenters. The second-order valence-corrected chi connectivity index (χ2v) is 7.67. The molecule has 1 heterocycles. The summed E-state index contributed by atoms with van der Waals surface area (Å²) >= 11 is 0. The van der Waals surface area contributed by atoms with E-state index in [-0.39, 0.29) is 23.1 Å². The van der Waals surface area contributed by atoms with Crippen LogP contribution in [0.4, 0.5) is 11.4 Å². The Morgan fingerprint density at radius 1 is 0.906 bits per heavy atom. The van der Waals surface area contributed by atoms with Gasteiger partial charge in [-0.3, -0.25) is 14.4 Å². The van der Waals surface area contributed by atoms with Crippen LogP contribution in [0.15, 0.2) is 71.3 Å². The van der Waals surface area contributed by atoms with Crippen molar-refractivity contribution in [1.82, 2.24) is 5.32 Å². The summed E-state index contributed by atoms with van der Waals surface area (Å²) in [5.41, 5.74) is 2.33. The van der Waals surface area contributed by atoms with Gasteiger partial charge in [0.25, 0.3) is 11.8 Å². The van der Waals surface area contributed by atoms with Crippen LogP contribution in [0, 0.1) is 12.8 Å². The summed E-state index contributed by atoms with van der Waals surface area (Å²) in [4.78, 5) is 38.4. The highest BCUT2D eigenvalue weighted by atomic mass is 16.3.